The van der Waals surface area contributed by atoms with Crippen molar-refractivity contribution >= 4 is 29.0 Å². The van der Waals surface area contributed by atoms with E-state index in [-0.39, 0.29) is 23.8 Å². The lowest BCUT2D eigenvalue weighted by Gasteiger charge is -2.35. The SMILES string of the molecule is CCCN1C(=O)[C@@]2(C(=C(O)c3ccc(C)c(F)c3)C(=O)C(=O)N2C[C@H]2CCCO2)c2ccccc21. The molecule has 3 aliphatic rings. The highest BCUT2D eigenvalue weighted by atomic mass is 19.1. The Bertz CT molecular complexity index is 1270. The van der Waals surface area contributed by atoms with Crippen molar-refractivity contribution in [2.45, 2.75) is 44.8 Å². The Kier molecular flexibility index (Phi) is 5.71. The van der Waals surface area contributed by atoms with Crippen molar-refractivity contribution in [2.75, 3.05) is 24.6 Å². The molecule has 1 N–H and O–H groups in total. The zero-order chi connectivity index (χ0) is 24.9. The lowest BCUT2D eigenvalue weighted by atomic mass is 9.81. The molecule has 7 nitrogen and oxygen atoms in total. The van der Waals surface area contributed by atoms with Crippen molar-refractivity contribution in [3.8, 4) is 0 Å². The zero-order valence-electron chi connectivity index (χ0n) is 19.7. The first kappa shape index (κ1) is 23.2. The van der Waals surface area contributed by atoms with E-state index in [1.54, 1.807) is 36.1 Å². The summed E-state index contributed by atoms with van der Waals surface area (Å²) in [5.41, 5.74) is -0.755. The van der Waals surface area contributed by atoms with Crippen molar-refractivity contribution < 1.29 is 28.6 Å². The number of benzene rings is 2. The van der Waals surface area contributed by atoms with E-state index in [0.29, 0.717) is 42.8 Å². The van der Waals surface area contributed by atoms with Crippen LogP contribution in [0.1, 0.15) is 42.9 Å². The number of amides is 2. The van der Waals surface area contributed by atoms with Gasteiger partial charge < -0.3 is 19.6 Å². The van der Waals surface area contributed by atoms with E-state index in [1.807, 2.05) is 6.92 Å². The maximum atomic E-state index is 14.4. The van der Waals surface area contributed by atoms with Gasteiger partial charge in [0, 0.05) is 30.8 Å². The highest BCUT2D eigenvalue weighted by molar-refractivity contribution is 6.50. The number of nitrogens with zero attached hydrogens (tertiary/aromatic N) is 2. The average molecular weight is 479 g/mol. The van der Waals surface area contributed by atoms with Crippen LogP contribution in [0.15, 0.2) is 48.0 Å². The van der Waals surface area contributed by atoms with Crippen molar-refractivity contribution in [2.24, 2.45) is 0 Å². The molecular weight excluding hydrogens is 451 g/mol. The van der Waals surface area contributed by atoms with Gasteiger partial charge in [-0.05, 0) is 43.9 Å². The second-order valence-corrected chi connectivity index (χ2v) is 9.25. The van der Waals surface area contributed by atoms with E-state index >= 15 is 0 Å². The fourth-order valence-corrected chi connectivity index (χ4v) is 5.44. The van der Waals surface area contributed by atoms with Crippen LogP contribution in [0, 0.1) is 12.7 Å². The van der Waals surface area contributed by atoms with Crippen LogP contribution in [-0.2, 0) is 24.7 Å². The van der Waals surface area contributed by atoms with E-state index in [0.717, 1.165) is 12.5 Å². The predicted octanol–water partition coefficient (Wildman–Crippen LogP) is 3.65. The summed E-state index contributed by atoms with van der Waals surface area (Å²) in [5, 5.41) is 11.4. The molecule has 2 amide bonds. The van der Waals surface area contributed by atoms with Gasteiger partial charge in [0.15, 0.2) is 5.54 Å². The minimum Gasteiger partial charge on any atom is -0.507 e. The first-order chi connectivity index (χ1) is 16.8. The minimum absolute atomic E-state index is 0.0295. The number of hydrogen-bond donors (Lipinski definition) is 1. The van der Waals surface area contributed by atoms with Crippen molar-refractivity contribution in [3.63, 3.8) is 0 Å². The Labute approximate surface area is 202 Å². The average Bonchev–Trinajstić information content (AvgIpc) is 3.51. The molecule has 1 spiro atoms. The molecule has 2 saturated heterocycles. The molecule has 0 bridgehead atoms. The van der Waals surface area contributed by atoms with E-state index in [1.165, 1.54) is 17.0 Å². The summed E-state index contributed by atoms with van der Waals surface area (Å²) in [5.74, 6) is -3.47. The number of carbonyl (C=O) groups excluding carboxylic acids is 3. The molecule has 0 aromatic heterocycles. The summed E-state index contributed by atoms with van der Waals surface area (Å²) < 4.78 is 20.2. The highest BCUT2D eigenvalue weighted by Gasteiger charge is 2.67. The first-order valence-electron chi connectivity index (χ1n) is 11.9. The third kappa shape index (κ3) is 3.31. The summed E-state index contributed by atoms with van der Waals surface area (Å²) in [6, 6.07) is 11.1. The van der Waals surface area contributed by atoms with Crippen molar-refractivity contribution in [3.05, 3.63) is 70.5 Å². The third-order valence-corrected chi connectivity index (χ3v) is 7.11. The Morgan fingerprint density at radius 1 is 1.20 bits per heavy atom. The number of Topliss-reactive ketones (excluding diaryl/α,β-unsaturated/α-hetero) is 1. The molecule has 8 heteroatoms. The summed E-state index contributed by atoms with van der Waals surface area (Å²) in [6.45, 7) is 4.46. The fourth-order valence-electron chi connectivity index (χ4n) is 5.44. The number of ketones is 1. The summed E-state index contributed by atoms with van der Waals surface area (Å²) in [4.78, 5) is 44.1. The number of fused-ring (bicyclic) bond motifs is 2. The van der Waals surface area contributed by atoms with Crippen LogP contribution < -0.4 is 4.90 Å². The quantitative estimate of drug-likeness (QED) is 0.403. The van der Waals surface area contributed by atoms with Crippen LogP contribution in [0.2, 0.25) is 0 Å². The number of hydrogen-bond acceptors (Lipinski definition) is 5. The molecule has 35 heavy (non-hydrogen) atoms. The first-order valence-corrected chi connectivity index (χ1v) is 11.9. The van der Waals surface area contributed by atoms with Gasteiger partial charge in [-0.2, -0.15) is 0 Å². The number of aryl methyl sites for hydroxylation is 1. The summed E-state index contributed by atoms with van der Waals surface area (Å²) in [6.07, 6.45) is 1.83. The van der Waals surface area contributed by atoms with Crippen LogP contribution in [0.5, 0.6) is 0 Å². The van der Waals surface area contributed by atoms with E-state index < -0.39 is 34.7 Å². The van der Waals surface area contributed by atoms with Gasteiger partial charge >= 0.3 is 0 Å². The molecule has 182 valence electrons. The monoisotopic (exact) mass is 478 g/mol. The van der Waals surface area contributed by atoms with E-state index in [9.17, 15) is 23.9 Å². The maximum absolute atomic E-state index is 14.4. The molecule has 0 saturated carbocycles. The molecule has 2 aromatic carbocycles. The lowest BCUT2D eigenvalue weighted by molar-refractivity contribution is -0.145. The Hall–Kier alpha value is -3.52. The normalized spacial score (nSPS) is 25.2. The number of aliphatic hydroxyl groups is 1. The minimum atomic E-state index is -1.85. The van der Waals surface area contributed by atoms with Crippen LogP contribution in [0.4, 0.5) is 10.1 Å². The molecule has 5 rings (SSSR count). The Balaban J connectivity index is 1.80. The van der Waals surface area contributed by atoms with Crippen LogP contribution in [0.3, 0.4) is 0 Å². The van der Waals surface area contributed by atoms with E-state index in [2.05, 4.69) is 0 Å². The molecule has 2 fully saturated rings. The van der Waals surface area contributed by atoms with Crippen LogP contribution in [0.25, 0.3) is 5.76 Å². The third-order valence-electron chi connectivity index (χ3n) is 7.11. The molecule has 0 radical (unpaired) electrons. The summed E-state index contributed by atoms with van der Waals surface area (Å²) in [7, 11) is 0. The second-order valence-electron chi connectivity index (χ2n) is 9.25. The molecule has 2 aromatic rings. The number of anilines is 1. The summed E-state index contributed by atoms with van der Waals surface area (Å²) >= 11 is 0. The number of halogens is 1. The van der Waals surface area contributed by atoms with Gasteiger partial charge in [-0.15, -0.1) is 0 Å². The van der Waals surface area contributed by atoms with Crippen LogP contribution >= 0.6 is 0 Å². The number of aliphatic hydroxyl groups excluding tert-OH is 1. The van der Waals surface area contributed by atoms with Gasteiger partial charge in [0.1, 0.15) is 11.6 Å². The maximum Gasteiger partial charge on any atom is 0.296 e. The number of likely N-dealkylation sites (tertiary alicyclic amines) is 1. The number of para-hydroxylation sites is 1. The van der Waals surface area contributed by atoms with Gasteiger partial charge in [-0.1, -0.05) is 37.3 Å². The lowest BCUT2D eigenvalue weighted by Crippen LogP contribution is -2.53. The number of rotatable bonds is 5. The Morgan fingerprint density at radius 3 is 2.66 bits per heavy atom. The van der Waals surface area contributed by atoms with Gasteiger partial charge in [-0.25, -0.2) is 4.39 Å². The molecule has 0 unspecified atom stereocenters. The van der Waals surface area contributed by atoms with Gasteiger partial charge in [0.25, 0.3) is 17.6 Å². The topological polar surface area (TPSA) is 87.2 Å². The molecule has 0 aliphatic carbocycles. The molecule has 2 atom stereocenters. The van der Waals surface area contributed by atoms with Crippen LogP contribution in [-0.4, -0.2) is 53.4 Å². The predicted molar refractivity (Wildman–Crippen MR) is 127 cm³/mol. The zero-order valence-corrected chi connectivity index (χ0v) is 19.7. The highest BCUT2D eigenvalue weighted by Crippen LogP contribution is 2.53. The van der Waals surface area contributed by atoms with Gasteiger partial charge in [0.05, 0.1) is 17.4 Å². The molecular formula is C27H27FN2O5. The van der Waals surface area contributed by atoms with Gasteiger partial charge in [-0.3, -0.25) is 14.4 Å². The smallest absolute Gasteiger partial charge is 0.296 e. The standard InChI is InChI=1S/C27H27FN2O5/c1-3-12-29-21-9-5-4-8-19(21)27(26(29)34)22(23(31)17-11-10-16(2)20(28)14-17)24(32)25(33)30(27)15-18-7-6-13-35-18/h4-5,8-11,14,18,31H,3,6-7,12-13,15H2,1-2H3/t18-,27+/m1/s1. The molecule has 3 aliphatic heterocycles. The Morgan fingerprint density at radius 2 is 1.97 bits per heavy atom. The van der Waals surface area contributed by atoms with Gasteiger partial charge in [0.2, 0.25) is 0 Å². The fraction of sp³-hybridized carbons (Fsp3) is 0.370. The molecule has 3 heterocycles. The van der Waals surface area contributed by atoms with Crippen molar-refractivity contribution in [1.29, 1.82) is 0 Å². The van der Waals surface area contributed by atoms with E-state index in [4.69, 9.17) is 4.74 Å². The second kappa shape index (κ2) is 8.61. The van der Waals surface area contributed by atoms with Crippen molar-refractivity contribution in [1.82, 2.24) is 4.90 Å². The largest absolute Gasteiger partial charge is 0.507 e. The number of carbonyl (C=O) groups is 3. The number of ether oxygens (including phenoxy) is 1.